The molecule has 1 N–H and O–H groups in total. The Morgan fingerprint density at radius 1 is 1.41 bits per heavy atom. The van der Waals surface area contributed by atoms with Crippen LogP contribution in [0.1, 0.15) is 31.5 Å². The molecule has 2 atom stereocenters. The second-order valence-corrected chi connectivity index (χ2v) is 5.20. The average molecular weight is 257 g/mol. The van der Waals surface area contributed by atoms with E-state index in [-0.39, 0.29) is 0 Å². The Balaban J connectivity index is 1.75. The van der Waals surface area contributed by atoms with E-state index in [0.29, 0.717) is 5.92 Å². The van der Waals surface area contributed by atoms with Crippen LogP contribution >= 0.6 is 11.6 Å². The van der Waals surface area contributed by atoms with Gasteiger partial charge < -0.3 is 5.32 Å². The predicted octanol–water partition coefficient (Wildman–Crippen LogP) is 1.95. The summed E-state index contributed by atoms with van der Waals surface area (Å²) >= 11 is 6.02. The molecule has 0 saturated heterocycles. The summed E-state index contributed by atoms with van der Waals surface area (Å²) in [5, 5.41) is 7.54. The summed E-state index contributed by atoms with van der Waals surface area (Å²) in [6.07, 6.45) is 6.89. The SMILES string of the molecule is Cn1ncnc1CNCC1CCCCC1CCl. The fourth-order valence-electron chi connectivity index (χ4n) is 2.61. The Labute approximate surface area is 108 Å². The van der Waals surface area contributed by atoms with Crippen molar-refractivity contribution in [2.24, 2.45) is 18.9 Å². The Morgan fingerprint density at radius 2 is 2.18 bits per heavy atom. The normalized spacial score (nSPS) is 25.1. The highest BCUT2D eigenvalue weighted by atomic mass is 35.5. The molecule has 17 heavy (non-hydrogen) atoms. The maximum absolute atomic E-state index is 6.02. The Kier molecular flexibility index (Phi) is 4.80. The molecule has 0 radical (unpaired) electrons. The van der Waals surface area contributed by atoms with E-state index in [4.69, 9.17) is 11.6 Å². The predicted molar refractivity (Wildman–Crippen MR) is 68.9 cm³/mol. The fourth-order valence-corrected chi connectivity index (χ4v) is 3.01. The lowest BCUT2D eigenvalue weighted by molar-refractivity contribution is 0.250. The third-order valence-corrected chi connectivity index (χ3v) is 4.16. The molecule has 2 unspecified atom stereocenters. The topological polar surface area (TPSA) is 42.7 Å². The zero-order valence-electron chi connectivity index (χ0n) is 10.4. The number of rotatable bonds is 5. The van der Waals surface area contributed by atoms with Crippen LogP contribution in [0.15, 0.2) is 6.33 Å². The van der Waals surface area contributed by atoms with E-state index >= 15 is 0 Å². The van der Waals surface area contributed by atoms with Crippen LogP contribution in [0.25, 0.3) is 0 Å². The minimum Gasteiger partial charge on any atom is -0.310 e. The van der Waals surface area contributed by atoms with Crippen molar-refractivity contribution >= 4 is 11.6 Å². The summed E-state index contributed by atoms with van der Waals surface area (Å²) in [6.45, 7) is 1.84. The number of nitrogens with zero attached hydrogens (tertiary/aromatic N) is 3. The van der Waals surface area contributed by atoms with Crippen molar-refractivity contribution in [2.45, 2.75) is 32.2 Å². The van der Waals surface area contributed by atoms with Gasteiger partial charge in [0.15, 0.2) is 0 Å². The quantitative estimate of drug-likeness (QED) is 0.819. The Hall–Kier alpha value is -0.610. The van der Waals surface area contributed by atoms with E-state index in [1.54, 1.807) is 6.33 Å². The molecule has 1 saturated carbocycles. The number of aromatic nitrogens is 3. The zero-order valence-corrected chi connectivity index (χ0v) is 11.2. The molecule has 1 heterocycles. The van der Waals surface area contributed by atoms with E-state index in [9.17, 15) is 0 Å². The van der Waals surface area contributed by atoms with Crippen LogP contribution in [0.4, 0.5) is 0 Å². The first-order valence-corrected chi connectivity index (χ1v) is 6.94. The molecule has 1 aromatic rings. The van der Waals surface area contributed by atoms with Gasteiger partial charge in [-0.05, 0) is 31.2 Å². The molecule has 5 heteroatoms. The molecule has 0 bridgehead atoms. The third kappa shape index (κ3) is 3.42. The number of nitrogens with one attached hydrogen (secondary N) is 1. The van der Waals surface area contributed by atoms with E-state index in [2.05, 4.69) is 15.4 Å². The van der Waals surface area contributed by atoms with Gasteiger partial charge in [0.2, 0.25) is 0 Å². The maximum atomic E-state index is 6.02. The van der Waals surface area contributed by atoms with Gasteiger partial charge in [-0.3, -0.25) is 4.68 Å². The van der Waals surface area contributed by atoms with E-state index in [1.165, 1.54) is 25.7 Å². The average Bonchev–Trinajstić information content (AvgIpc) is 2.76. The van der Waals surface area contributed by atoms with Crippen LogP contribution in [0, 0.1) is 11.8 Å². The van der Waals surface area contributed by atoms with Crippen LogP contribution in [0.3, 0.4) is 0 Å². The van der Waals surface area contributed by atoms with Gasteiger partial charge in [-0.15, -0.1) is 11.6 Å². The van der Waals surface area contributed by atoms with Gasteiger partial charge in [-0.2, -0.15) is 5.10 Å². The van der Waals surface area contributed by atoms with Crippen molar-refractivity contribution in [3.05, 3.63) is 12.2 Å². The smallest absolute Gasteiger partial charge is 0.140 e. The van der Waals surface area contributed by atoms with Gasteiger partial charge in [0.1, 0.15) is 12.2 Å². The van der Waals surface area contributed by atoms with Crippen LogP contribution in [0.5, 0.6) is 0 Å². The molecule has 4 nitrogen and oxygen atoms in total. The summed E-state index contributed by atoms with van der Waals surface area (Å²) in [7, 11) is 1.92. The van der Waals surface area contributed by atoms with Crippen LogP contribution in [-0.4, -0.2) is 27.2 Å². The molecule has 0 aromatic carbocycles. The third-order valence-electron chi connectivity index (χ3n) is 3.76. The molecule has 96 valence electrons. The summed E-state index contributed by atoms with van der Waals surface area (Å²) in [5.74, 6) is 3.21. The molecule has 2 rings (SSSR count). The Bertz CT molecular complexity index is 339. The van der Waals surface area contributed by atoms with Crippen LogP contribution < -0.4 is 5.32 Å². The van der Waals surface area contributed by atoms with Gasteiger partial charge >= 0.3 is 0 Å². The molecule has 0 amide bonds. The lowest BCUT2D eigenvalue weighted by Gasteiger charge is -2.30. The number of alkyl halides is 1. The number of halogens is 1. The fraction of sp³-hybridized carbons (Fsp3) is 0.833. The molecule has 1 fully saturated rings. The molecule has 1 aromatic heterocycles. The van der Waals surface area contributed by atoms with E-state index in [0.717, 1.165) is 30.7 Å². The monoisotopic (exact) mass is 256 g/mol. The first-order valence-electron chi connectivity index (χ1n) is 6.41. The van der Waals surface area contributed by atoms with Gasteiger partial charge in [-0.25, -0.2) is 4.98 Å². The molecule has 1 aliphatic carbocycles. The molecular weight excluding hydrogens is 236 g/mol. The number of aryl methyl sites for hydroxylation is 1. The van der Waals surface area contributed by atoms with Crippen molar-refractivity contribution in [3.8, 4) is 0 Å². The largest absolute Gasteiger partial charge is 0.310 e. The lowest BCUT2D eigenvalue weighted by atomic mass is 9.80. The standard InChI is InChI=1S/C12H21ClN4/c1-17-12(15-9-16-17)8-14-7-11-5-3-2-4-10(11)6-13/h9-11,14H,2-8H2,1H3. The first-order chi connectivity index (χ1) is 8.31. The molecule has 0 spiro atoms. The highest BCUT2D eigenvalue weighted by molar-refractivity contribution is 6.18. The lowest BCUT2D eigenvalue weighted by Crippen LogP contribution is -2.31. The second kappa shape index (κ2) is 6.36. The summed E-state index contributed by atoms with van der Waals surface area (Å²) in [4.78, 5) is 4.20. The van der Waals surface area contributed by atoms with Crippen molar-refractivity contribution in [2.75, 3.05) is 12.4 Å². The highest BCUT2D eigenvalue weighted by Crippen LogP contribution is 2.30. The first kappa shape index (κ1) is 12.8. The van der Waals surface area contributed by atoms with Crippen molar-refractivity contribution in [1.82, 2.24) is 20.1 Å². The van der Waals surface area contributed by atoms with Crippen LogP contribution in [0.2, 0.25) is 0 Å². The molecule has 0 aliphatic heterocycles. The second-order valence-electron chi connectivity index (χ2n) is 4.89. The van der Waals surface area contributed by atoms with E-state index < -0.39 is 0 Å². The number of hydrogen-bond donors (Lipinski definition) is 1. The molecular formula is C12H21ClN4. The molecule has 1 aliphatic rings. The Morgan fingerprint density at radius 3 is 2.82 bits per heavy atom. The summed E-state index contributed by atoms with van der Waals surface area (Å²) in [5.41, 5.74) is 0. The minimum atomic E-state index is 0.692. The number of hydrogen-bond acceptors (Lipinski definition) is 3. The zero-order chi connectivity index (χ0) is 12.1. The van der Waals surface area contributed by atoms with E-state index in [1.807, 2.05) is 11.7 Å². The van der Waals surface area contributed by atoms with Crippen molar-refractivity contribution < 1.29 is 0 Å². The summed E-state index contributed by atoms with van der Waals surface area (Å²) < 4.78 is 1.81. The van der Waals surface area contributed by atoms with Gasteiger partial charge in [-0.1, -0.05) is 12.8 Å². The maximum Gasteiger partial charge on any atom is 0.140 e. The minimum absolute atomic E-state index is 0.692. The van der Waals surface area contributed by atoms with Gasteiger partial charge in [0.05, 0.1) is 6.54 Å². The summed E-state index contributed by atoms with van der Waals surface area (Å²) in [6, 6.07) is 0. The highest BCUT2D eigenvalue weighted by Gasteiger charge is 2.23. The van der Waals surface area contributed by atoms with Crippen LogP contribution in [-0.2, 0) is 13.6 Å². The van der Waals surface area contributed by atoms with Gasteiger partial charge in [0.25, 0.3) is 0 Å². The van der Waals surface area contributed by atoms with Gasteiger partial charge in [0, 0.05) is 12.9 Å². The van der Waals surface area contributed by atoms with Crippen molar-refractivity contribution in [1.29, 1.82) is 0 Å². The van der Waals surface area contributed by atoms with Crippen molar-refractivity contribution in [3.63, 3.8) is 0 Å².